The van der Waals surface area contributed by atoms with Gasteiger partial charge in [0.25, 0.3) is 0 Å². The molecule has 2 N–H and O–H groups in total. The van der Waals surface area contributed by atoms with Crippen LogP contribution in [0.3, 0.4) is 0 Å². The van der Waals surface area contributed by atoms with E-state index in [9.17, 15) is 5.11 Å². The minimum Gasteiger partial charge on any atom is -0.396 e. The number of aliphatic hydroxyl groups is 1. The molecule has 2 atom stereocenters. The van der Waals surface area contributed by atoms with E-state index in [0.29, 0.717) is 11.8 Å². The quantitative estimate of drug-likeness (QED) is 0.740. The van der Waals surface area contributed by atoms with Crippen molar-refractivity contribution in [3.63, 3.8) is 0 Å². The van der Waals surface area contributed by atoms with Crippen molar-refractivity contribution in [2.24, 2.45) is 5.92 Å². The summed E-state index contributed by atoms with van der Waals surface area (Å²) in [6.07, 6.45) is 1.13. The zero-order chi connectivity index (χ0) is 9.80. The summed E-state index contributed by atoms with van der Waals surface area (Å²) >= 11 is 0. The minimum atomic E-state index is 0.284. The highest BCUT2D eigenvalue weighted by molar-refractivity contribution is 5.21. The van der Waals surface area contributed by atoms with Crippen LogP contribution in [-0.2, 0) is 0 Å². The summed E-state index contributed by atoms with van der Waals surface area (Å²) in [6.45, 7) is 2.29. The number of hydrogen-bond acceptors (Lipinski definition) is 2. The lowest BCUT2D eigenvalue weighted by molar-refractivity contribution is 0.179. The number of hydrogen-bond donors (Lipinski definition) is 2. The zero-order valence-electron chi connectivity index (χ0n) is 8.32. The highest BCUT2D eigenvalue weighted by atomic mass is 16.3. The van der Waals surface area contributed by atoms with Gasteiger partial charge in [-0.05, 0) is 24.4 Å². The zero-order valence-corrected chi connectivity index (χ0v) is 8.32. The second-order valence-corrected chi connectivity index (χ2v) is 3.95. The van der Waals surface area contributed by atoms with Gasteiger partial charge < -0.3 is 10.4 Å². The van der Waals surface area contributed by atoms with Crippen molar-refractivity contribution in [1.82, 2.24) is 5.32 Å². The van der Waals surface area contributed by atoms with Gasteiger partial charge in [-0.15, -0.1) is 0 Å². The normalized spacial score (nSPS) is 27.5. The number of nitrogens with one attached hydrogen (secondary N) is 1. The molecule has 76 valence electrons. The Kier molecular flexibility index (Phi) is 3.17. The highest BCUT2D eigenvalue weighted by Crippen LogP contribution is 2.29. The molecule has 1 aliphatic heterocycles. The third-order valence-electron chi connectivity index (χ3n) is 3.07. The molecule has 2 nitrogen and oxygen atoms in total. The molecule has 0 aliphatic carbocycles. The summed E-state index contributed by atoms with van der Waals surface area (Å²) in [5.41, 5.74) is 1.37. The van der Waals surface area contributed by atoms with E-state index in [4.69, 9.17) is 0 Å². The second kappa shape index (κ2) is 4.58. The van der Waals surface area contributed by atoms with Crippen molar-refractivity contribution in [1.29, 1.82) is 0 Å². The molecule has 1 saturated heterocycles. The van der Waals surface area contributed by atoms with Crippen LogP contribution < -0.4 is 5.32 Å². The number of rotatable bonds is 2. The molecule has 0 aromatic heterocycles. The largest absolute Gasteiger partial charge is 0.396 e. The van der Waals surface area contributed by atoms with Gasteiger partial charge >= 0.3 is 0 Å². The Morgan fingerprint density at radius 1 is 1.29 bits per heavy atom. The van der Waals surface area contributed by atoms with Gasteiger partial charge in [-0.1, -0.05) is 30.3 Å². The molecule has 14 heavy (non-hydrogen) atoms. The Morgan fingerprint density at radius 3 is 2.79 bits per heavy atom. The van der Waals surface area contributed by atoms with E-state index >= 15 is 0 Å². The van der Waals surface area contributed by atoms with Crippen molar-refractivity contribution in [3.8, 4) is 0 Å². The Morgan fingerprint density at radius 2 is 2.07 bits per heavy atom. The smallest absolute Gasteiger partial charge is 0.0477 e. The first-order valence-electron chi connectivity index (χ1n) is 5.28. The lowest BCUT2D eigenvalue weighted by Gasteiger charge is -2.31. The van der Waals surface area contributed by atoms with E-state index < -0.39 is 0 Å². The van der Waals surface area contributed by atoms with Gasteiger partial charge in [-0.25, -0.2) is 0 Å². The Labute approximate surface area is 85.0 Å². The third-order valence-corrected chi connectivity index (χ3v) is 3.07. The maximum Gasteiger partial charge on any atom is 0.0477 e. The van der Waals surface area contributed by atoms with Crippen LogP contribution in [0, 0.1) is 5.92 Å². The fourth-order valence-electron chi connectivity index (χ4n) is 2.25. The first-order valence-corrected chi connectivity index (χ1v) is 5.28. The Hall–Kier alpha value is -0.860. The van der Waals surface area contributed by atoms with Crippen LogP contribution in [-0.4, -0.2) is 24.8 Å². The van der Waals surface area contributed by atoms with E-state index in [2.05, 4.69) is 29.6 Å². The Balaban J connectivity index is 2.15. The first kappa shape index (κ1) is 9.69. The van der Waals surface area contributed by atoms with Gasteiger partial charge in [0.1, 0.15) is 0 Å². The lowest BCUT2D eigenvalue weighted by atomic mass is 9.82. The average Bonchev–Trinajstić information content (AvgIpc) is 2.30. The summed E-state index contributed by atoms with van der Waals surface area (Å²) in [6, 6.07) is 10.5. The summed E-state index contributed by atoms with van der Waals surface area (Å²) in [5.74, 6) is 0.911. The van der Waals surface area contributed by atoms with E-state index in [1.165, 1.54) is 5.56 Å². The van der Waals surface area contributed by atoms with Gasteiger partial charge in [0.15, 0.2) is 0 Å². The standard InChI is InChI=1S/C12H17NO/c14-9-11-8-13-7-6-12(11)10-4-2-1-3-5-10/h1-5,11-14H,6-9H2. The van der Waals surface area contributed by atoms with Gasteiger partial charge in [-0.2, -0.15) is 0 Å². The SMILES string of the molecule is OCC1CNCCC1c1ccccc1. The number of piperidine rings is 1. The fourth-order valence-corrected chi connectivity index (χ4v) is 2.25. The topological polar surface area (TPSA) is 32.3 Å². The van der Waals surface area contributed by atoms with Gasteiger partial charge in [0, 0.05) is 19.1 Å². The minimum absolute atomic E-state index is 0.284. The van der Waals surface area contributed by atoms with E-state index in [1.807, 2.05) is 6.07 Å². The van der Waals surface area contributed by atoms with Crippen LogP contribution in [0.1, 0.15) is 17.9 Å². The molecule has 0 bridgehead atoms. The van der Waals surface area contributed by atoms with Gasteiger partial charge in [0.2, 0.25) is 0 Å². The molecule has 1 fully saturated rings. The predicted molar refractivity (Wildman–Crippen MR) is 57.2 cm³/mol. The Bertz CT molecular complexity index is 273. The molecule has 1 aromatic carbocycles. The van der Waals surface area contributed by atoms with Gasteiger partial charge in [-0.3, -0.25) is 0 Å². The molecule has 1 aromatic rings. The van der Waals surface area contributed by atoms with Crippen LogP contribution in [0.4, 0.5) is 0 Å². The number of benzene rings is 1. The van der Waals surface area contributed by atoms with E-state index in [-0.39, 0.29) is 6.61 Å². The highest BCUT2D eigenvalue weighted by Gasteiger charge is 2.25. The molecular formula is C12H17NO. The van der Waals surface area contributed by atoms with Crippen LogP contribution >= 0.6 is 0 Å². The fraction of sp³-hybridized carbons (Fsp3) is 0.500. The molecule has 2 unspecified atom stereocenters. The third kappa shape index (κ3) is 1.97. The summed E-state index contributed by atoms with van der Waals surface area (Å²) in [5, 5.41) is 12.6. The van der Waals surface area contributed by atoms with Crippen molar-refractivity contribution in [2.75, 3.05) is 19.7 Å². The van der Waals surface area contributed by atoms with Crippen LogP contribution in [0.15, 0.2) is 30.3 Å². The molecule has 2 rings (SSSR count). The average molecular weight is 191 g/mol. The number of aliphatic hydroxyl groups excluding tert-OH is 1. The maximum atomic E-state index is 9.28. The molecule has 0 saturated carbocycles. The van der Waals surface area contributed by atoms with Crippen LogP contribution in [0.5, 0.6) is 0 Å². The van der Waals surface area contributed by atoms with E-state index in [0.717, 1.165) is 19.5 Å². The molecule has 1 aliphatic rings. The van der Waals surface area contributed by atoms with Crippen LogP contribution in [0.25, 0.3) is 0 Å². The van der Waals surface area contributed by atoms with Crippen LogP contribution in [0.2, 0.25) is 0 Å². The predicted octanol–water partition coefficient (Wildman–Crippen LogP) is 1.37. The van der Waals surface area contributed by atoms with Gasteiger partial charge in [0.05, 0.1) is 0 Å². The summed E-state index contributed by atoms with van der Waals surface area (Å²) in [7, 11) is 0. The molecule has 2 heteroatoms. The van der Waals surface area contributed by atoms with Crippen molar-refractivity contribution >= 4 is 0 Å². The molecule has 0 radical (unpaired) electrons. The van der Waals surface area contributed by atoms with Crippen molar-refractivity contribution in [2.45, 2.75) is 12.3 Å². The summed E-state index contributed by atoms with van der Waals surface area (Å²) < 4.78 is 0. The van der Waals surface area contributed by atoms with Crippen molar-refractivity contribution < 1.29 is 5.11 Å². The first-order chi connectivity index (χ1) is 6.92. The van der Waals surface area contributed by atoms with Crippen molar-refractivity contribution in [3.05, 3.63) is 35.9 Å². The molecule has 0 spiro atoms. The molecule has 1 heterocycles. The molecule has 0 amide bonds. The molecular weight excluding hydrogens is 174 g/mol. The second-order valence-electron chi connectivity index (χ2n) is 3.95. The van der Waals surface area contributed by atoms with E-state index in [1.54, 1.807) is 0 Å². The lowest BCUT2D eigenvalue weighted by Crippen LogP contribution is -2.37. The monoisotopic (exact) mass is 191 g/mol. The summed E-state index contributed by atoms with van der Waals surface area (Å²) in [4.78, 5) is 0. The maximum absolute atomic E-state index is 9.28.